The Balaban J connectivity index is 1.71. The lowest BCUT2D eigenvalue weighted by Gasteiger charge is -2.18. The number of hydrogen-bond donors (Lipinski definition) is 5. The van der Waals surface area contributed by atoms with Crippen LogP contribution in [0.15, 0.2) is 91.5 Å². The SMILES string of the molecule is Nc1nc2c(-c3ccc[nH]3)cccc2c2nc(-c3ccc[nH]3)c(-c3ccc[nH]3)c(-c3ccc[nH]3)c12. The number of benzene rings is 1. The molecule has 0 atom stereocenters. The Labute approximate surface area is 200 Å². The highest BCUT2D eigenvalue weighted by Crippen LogP contribution is 2.45. The van der Waals surface area contributed by atoms with E-state index in [0.717, 1.165) is 67.0 Å². The van der Waals surface area contributed by atoms with E-state index >= 15 is 0 Å². The van der Waals surface area contributed by atoms with Crippen molar-refractivity contribution in [2.75, 3.05) is 5.73 Å². The molecule has 6 heterocycles. The molecule has 0 unspecified atom stereocenters. The molecule has 6 N–H and O–H groups in total. The van der Waals surface area contributed by atoms with E-state index in [1.54, 1.807) is 0 Å². The van der Waals surface area contributed by atoms with E-state index in [9.17, 15) is 0 Å². The number of anilines is 1. The number of nitrogen functional groups attached to an aromatic ring is 1. The number of aromatic nitrogens is 6. The quantitative estimate of drug-likeness (QED) is 0.199. The number of para-hydroxylation sites is 1. The Kier molecular flexibility index (Phi) is 4.16. The average Bonchev–Trinajstić information content (AvgIpc) is 3.71. The zero-order chi connectivity index (χ0) is 23.4. The van der Waals surface area contributed by atoms with Gasteiger partial charge in [-0.1, -0.05) is 18.2 Å². The summed E-state index contributed by atoms with van der Waals surface area (Å²) in [5.74, 6) is 0.439. The minimum atomic E-state index is 0.439. The van der Waals surface area contributed by atoms with E-state index in [1.165, 1.54) is 0 Å². The number of hydrogen-bond acceptors (Lipinski definition) is 3. The van der Waals surface area contributed by atoms with Gasteiger partial charge >= 0.3 is 0 Å². The summed E-state index contributed by atoms with van der Waals surface area (Å²) in [7, 11) is 0. The summed E-state index contributed by atoms with van der Waals surface area (Å²) in [4.78, 5) is 23.6. The number of nitrogens with two attached hydrogens (primary N) is 1. The van der Waals surface area contributed by atoms with Crippen LogP contribution >= 0.6 is 0 Å². The van der Waals surface area contributed by atoms with Crippen LogP contribution in [-0.2, 0) is 0 Å². The normalized spacial score (nSPS) is 11.5. The van der Waals surface area contributed by atoms with Crippen LogP contribution in [0.4, 0.5) is 5.82 Å². The van der Waals surface area contributed by atoms with Crippen molar-refractivity contribution in [3.05, 3.63) is 91.5 Å². The molecule has 0 amide bonds. The third kappa shape index (κ3) is 2.92. The van der Waals surface area contributed by atoms with Crippen LogP contribution in [0.25, 0.3) is 67.0 Å². The molecule has 1 aromatic carbocycles. The Hall–Kier alpha value is -5.04. The number of H-pyrrole nitrogens is 4. The van der Waals surface area contributed by atoms with E-state index < -0.39 is 0 Å². The van der Waals surface area contributed by atoms with Crippen LogP contribution in [0.3, 0.4) is 0 Å². The summed E-state index contributed by atoms with van der Waals surface area (Å²) in [6.45, 7) is 0. The van der Waals surface area contributed by atoms with Crippen molar-refractivity contribution >= 4 is 27.6 Å². The van der Waals surface area contributed by atoms with Gasteiger partial charge in [0, 0.05) is 63.9 Å². The molecule has 0 bridgehead atoms. The Morgan fingerprint density at radius 2 is 1.14 bits per heavy atom. The fourth-order valence-electron chi connectivity index (χ4n) is 4.95. The standard InChI is InChI=1S/C28H21N7/c29-28-24-22(19-9-3-13-31-19)23(20-10-4-14-32-20)27(21-11-5-15-33-21)34-26(24)17-7-1-6-16(25(17)35-28)18-8-2-12-30-18/h1-15,30-33H,(H2,29,35). The van der Waals surface area contributed by atoms with Gasteiger partial charge in [-0.15, -0.1) is 0 Å². The Morgan fingerprint density at radius 1 is 0.543 bits per heavy atom. The predicted octanol–water partition coefficient (Wildman–Crippen LogP) is 6.35. The topological polar surface area (TPSA) is 115 Å². The maximum Gasteiger partial charge on any atom is 0.134 e. The van der Waals surface area contributed by atoms with Crippen LogP contribution in [0.1, 0.15) is 0 Å². The lowest BCUT2D eigenvalue weighted by atomic mass is 9.93. The van der Waals surface area contributed by atoms with Crippen LogP contribution in [-0.4, -0.2) is 29.9 Å². The van der Waals surface area contributed by atoms with Gasteiger partial charge in [0.2, 0.25) is 0 Å². The third-order valence-electron chi connectivity index (χ3n) is 6.45. The second kappa shape index (κ2) is 7.50. The predicted molar refractivity (Wildman–Crippen MR) is 141 cm³/mol. The molecule has 168 valence electrons. The van der Waals surface area contributed by atoms with Gasteiger partial charge in [-0.2, -0.15) is 0 Å². The molecule has 7 heteroatoms. The molecule has 0 aliphatic carbocycles. The number of pyridine rings is 2. The van der Waals surface area contributed by atoms with E-state index in [0.29, 0.717) is 5.82 Å². The van der Waals surface area contributed by atoms with Gasteiger partial charge in [0.25, 0.3) is 0 Å². The lowest BCUT2D eigenvalue weighted by molar-refractivity contribution is 1.30. The van der Waals surface area contributed by atoms with Gasteiger partial charge in [0.1, 0.15) is 5.82 Å². The number of rotatable bonds is 4. The monoisotopic (exact) mass is 455 g/mol. The molecule has 0 spiro atoms. The first kappa shape index (κ1) is 19.4. The number of nitrogens with one attached hydrogen (secondary N) is 4. The van der Waals surface area contributed by atoms with Crippen LogP contribution in [0, 0.1) is 0 Å². The summed E-state index contributed by atoms with van der Waals surface area (Å²) in [5, 5.41) is 1.77. The van der Waals surface area contributed by atoms with E-state index in [2.05, 4.69) is 44.2 Å². The van der Waals surface area contributed by atoms with E-state index in [1.807, 2.05) is 67.3 Å². The molecule has 35 heavy (non-hydrogen) atoms. The van der Waals surface area contributed by atoms with Crippen molar-refractivity contribution < 1.29 is 0 Å². The first-order valence-electron chi connectivity index (χ1n) is 11.4. The van der Waals surface area contributed by atoms with Crippen molar-refractivity contribution in [1.29, 1.82) is 0 Å². The zero-order valence-corrected chi connectivity index (χ0v) is 18.6. The van der Waals surface area contributed by atoms with Crippen LogP contribution < -0.4 is 5.73 Å². The second-order valence-electron chi connectivity index (χ2n) is 8.47. The molecule has 0 saturated heterocycles. The molecule has 0 aliphatic rings. The maximum atomic E-state index is 6.75. The minimum Gasteiger partial charge on any atom is -0.383 e. The van der Waals surface area contributed by atoms with Crippen LogP contribution in [0.2, 0.25) is 0 Å². The van der Waals surface area contributed by atoms with Gasteiger partial charge in [-0.25, -0.2) is 9.97 Å². The third-order valence-corrected chi connectivity index (χ3v) is 6.45. The smallest absolute Gasteiger partial charge is 0.134 e. The number of aromatic amines is 4. The summed E-state index contributed by atoms with van der Waals surface area (Å²) < 4.78 is 0. The first-order valence-corrected chi connectivity index (χ1v) is 11.4. The summed E-state index contributed by atoms with van der Waals surface area (Å²) >= 11 is 0. The molecule has 0 saturated carbocycles. The highest BCUT2D eigenvalue weighted by Gasteiger charge is 2.25. The fourth-order valence-corrected chi connectivity index (χ4v) is 4.95. The second-order valence-corrected chi connectivity index (χ2v) is 8.47. The number of nitrogens with zero attached hydrogens (tertiary/aromatic N) is 2. The highest BCUT2D eigenvalue weighted by molar-refractivity contribution is 6.19. The van der Waals surface area contributed by atoms with Crippen molar-refractivity contribution in [3.8, 4) is 45.2 Å². The van der Waals surface area contributed by atoms with E-state index in [4.69, 9.17) is 15.7 Å². The first-order chi connectivity index (χ1) is 17.3. The van der Waals surface area contributed by atoms with Gasteiger partial charge < -0.3 is 25.7 Å². The summed E-state index contributed by atoms with van der Waals surface area (Å²) in [5.41, 5.74) is 15.9. The van der Waals surface area contributed by atoms with E-state index in [-0.39, 0.29) is 0 Å². The highest BCUT2D eigenvalue weighted by atomic mass is 14.9. The summed E-state index contributed by atoms with van der Waals surface area (Å²) in [6.07, 6.45) is 7.66. The molecule has 7 aromatic rings. The van der Waals surface area contributed by atoms with Gasteiger partial charge in [-0.3, -0.25) is 0 Å². The molecule has 0 radical (unpaired) electrons. The van der Waals surface area contributed by atoms with Gasteiger partial charge in [0.05, 0.1) is 27.8 Å². The van der Waals surface area contributed by atoms with Gasteiger partial charge in [0.15, 0.2) is 0 Å². The molecule has 6 aromatic heterocycles. The zero-order valence-electron chi connectivity index (χ0n) is 18.6. The van der Waals surface area contributed by atoms with Crippen molar-refractivity contribution in [1.82, 2.24) is 29.9 Å². The maximum absolute atomic E-state index is 6.75. The average molecular weight is 456 g/mol. The lowest BCUT2D eigenvalue weighted by Crippen LogP contribution is -2.02. The van der Waals surface area contributed by atoms with Gasteiger partial charge in [-0.05, 0) is 48.5 Å². The molecular formula is C28H21N7. The largest absolute Gasteiger partial charge is 0.383 e. The van der Waals surface area contributed by atoms with Crippen molar-refractivity contribution in [2.45, 2.75) is 0 Å². The summed E-state index contributed by atoms with van der Waals surface area (Å²) in [6, 6.07) is 22.3. The van der Waals surface area contributed by atoms with Crippen molar-refractivity contribution in [3.63, 3.8) is 0 Å². The molecule has 7 rings (SSSR count). The molecule has 7 nitrogen and oxygen atoms in total. The van der Waals surface area contributed by atoms with Crippen molar-refractivity contribution in [2.24, 2.45) is 0 Å². The fraction of sp³-hybridized carbons (Fsp3) is 0. The molecule has 0 aliphatic heterocycles. The molecular weight excluding hydrogens is 434 g/mol. The minimum absolute atomic E-state index is 0.439. The Morgan fingerprint density at radius 3 is 1.77 bits per heavy atom. The Bertz CT molecular complexity index is 1770. The number of fused-ring (bicyclic) bond motifs is 3. The molecule has 0 fully saturated rings. The van der Waals surface area contributed by atoms with Crippen LogP contribution in [0.5, 0.6) is 0 Å².